The van der Waals surface area contributed by atoms with Gasteiger partial charge in [0.05, 0.1) is 17.8 Å². The van der Waals surface area contributed by atoms with Gasteiger partial charge in [-0.15, -0.1) is 11.3 Å². The van der Waals surface area contributed by atoms with Gasteiger partial charge in [0.25, 0.3) is 0 Å². The maximum Gasteiger partial charge on any atom is 0.319 e. The van der Waals surface area contributed by atoms with Crippen molar-refractivity contribution in [2.45, 2.75) is 39.3 Å². The summed E-state index contributed by atoms with van der Waals surface area (Å²) in [6.07, 6.45) is 2.35. The summed E-state index contributed by atoms with van der Waals surface area (Å²) in [5, 5.41) is 7.98. The number of amides is 2. The Morgan fingerprint density at radius 1 is 1.43 bits per heavy atom. The summed E-state index contributed by atoms with van der Waals surface area (Å²) in [7, 11) is 0. The molecule has 2 aromatic rings. The first-order chi connectivity index (χ1) is 11.0. The molecule has 0 radical (unpaired) electrons. The normalized spacial score (nSPS) is 12.0. The third kappa shape index (κ3) is 4.92. The maximum atomic E-state index is 14.0. The minimum atomic E-state index is -0.541. The zero-order chi connectivity index (χ0) is 16.8. The zero-order valence-electron chi connectivity index (χ0n) is 13.3. The first kappa shape index (κ1) is 17.2. The summed E-state index contributed by atoms with van der Waals surface area (Å²) in [5.74, 6) is -0.113. The number of benzene rings is 1. The van der Waals surface area contributed by atoms with E-state index in [1.165, 1.54) is 23.5 Å². The summed E-state index contributed by atoms with van der Waals surface area (Å²) in [5.41, 5.74) is 0.104. The van der Waals surface area contributed by atoms with E-state index in [1.807, 2.05) is 26.2 Å². The monoisotopic (exact) mass is 337 g/mol. The Hall–Kier alpha value is -2.15. The van der Waals surface area contributed by atoms with Crippen molar-refractivity contribution in [2.24, 2.45) is 0 Å². The zero-order valence-corrected chi connectivity index (χ0v) is 14.1. The quantitative estimate of drug-likeness (QED) is 0.824. The van der Waals surface area contributed by atoms with Crippen LogP contribution in [0, 0.1) is 5.82 Å². The van der Waals surface area contributed by atoms with Crippen molar-refractivity contribution in [2.75, 3.05) is 5.32 Å². The number of nitrogens with zero attached hydrogens (tertiary/aromatic N) is 1. The molecule has 23 heavy (non-hydrogen) atoms. The molecule has 1 unspecified atom stereocenters. The highest BCUT2D eigenvalue weighted by Crippen LogP contribution is 2.22. The van der Waals surface area contributed by atoms with E-state index in [1.54, 1.807) is 12.3 Å². The van der Waals surface area contributed by atoms with Gasteiger partial charge in [0.2, 0.25) is 0 Å². The van der Waals surface area contributed by atoms with Crippen LogP contribution < -0.4 is 15.4 Å². The number of hydrogen-bond donors (Lipinski definition) is 2. The van der Waals surface area contributed by atoms with E-state index >= 15 is 0 Å². The minimum absolute atomic E-state index is 0.0416. The van der Waals surface area contributed by atoms with Crippen LogP contribution in [0.4, 0.5) is 14.9 Å². The number of aromatic nitrogens is 1. The molecule has 0 bridgehead atoms. The Kier molecular flexibility index (Phi) is 5.92. The van der Waals surface area contributed by atoms with E-state index in [-0.39, 0.29) is 17.8 Å². The van der Waals surface area contributed by atoms with Crippen LogP contribution in [-0.2, 0) is 0 Å². The van der Waals surface area contributed by atoms with Gasteiger partial charge in [0.1, 0.15) is 16.6 Å². The van der Waals surface area contributed by atoms with Crippen LogP contribution in [0.2, 0.25) is 0 Å². The van der Waals surface area contributed by atoms with Crippen molar-refractivity contribution < 1.29 is 13.9 Å². The van der Waals surface area contributed by atoms with Gasteiger partial charge in [-0.2, -0.15) is 0 Å². The molecule has 1 aromatic heterocycles. The largest absolute Gasteiger partial charge is 0.491 e. The second-order valence-corrected chi connectivity index (χ2v) is 6.16. The van der Waals surface area contributed by atoms with Gasteiger partial charge in [-0.05, 0) is 32.4 Å². The first-order valence-electron chi connectivity index (χ1n) is 7.42. The van der Waals surface area contributed by atoms with Crippen molar-refractivity contribution in [3.63, 3.8) is 0 Å². The summed E-state index contributed by atoms with van der Waals surface area (Å²) in [4.78, 5) is 16.2. The van der Waals surface area contributed by atoms with Crippen molar-refractivity contribution in [1.29, 1.82) is 0 Å². The van der Waals surface area contributed by atoms with Crippen LogP contribution in [0.5, 0.6) is 5.75 Å². The highest BCUT2D eigenvalue weighted by Gasteiger charge is 2.16. The highest BCUT2D eigenvalue weighted by atomic mass is 32.1. The summed E-state index contributed by atoms with van der Waals surface area (Å²) < 4.78 is 19.4. The van der Waals surface area contributed by atoms with Crippen molar-refractivity contribution in [3.05, 3.63) is 40.6 Å². The van der Waals surface area contributed by atoms with Gasteiger partial charge in [-0.3, -0.25) is 0 Å². The highest BCUT2D eigenvalue weighted by molar-refractivity contribution is 7.09. The molecule has 5 nitrogen and oxygen atoms in total. The number of hydrogen-bond acceptors (Lipinski definition) is 4. The number of halogens is 1. The predicted molar refractivity (Wildman–Crippen MR) is 89.5 cm³/mol. The molecule has 0 saturated carbocycles. The molecule has 0 saturated heterocycles. The molecular weight excluding hydrogens is 317 g/mol. The third-order valence-electron chi connectivity index (χ3n) is 3.02. The van der Waals surface area contributed by atoms with E-state index in [0.29, 0.717) is 12.2 Å². The van der Waals surface area contributed by atoms with Gasteiger partial charge in [-0.25, -0.2) is 14.2 Å². The number of thiazole rings is 1. The van der Waals surface area contributed by atoms with Gasteiger partial charge >= 0.3 is 6.03 Å². The average Bonchev–Trinajstić information content (AvgIpc) is 3.01. The maximum absolute atomic E-state index is 14.0. The molecule has 1 heterocycles. The molecule has 2 amide bonds. The van der Waals surface area contributed by atoms with E-state index in [4.69, 9.17) is 4.74 Å². The predicted octanol–water partition coefficient (Wildman–Crippen LogP) is 4.34. The number of urea groups is 1. The van der Waals surface area contributed by atoms with Crippen molar-refractivity contribution >= 4 is 23.1 Å². The van der Waals surface area contributed by atoms with Crippen molar-refractivity contribution in [1.82, 2.24) is 10.3 Å². The molecular formula is C16H20FN3O2S. The Morgan fingerprint density at radius 2 is 2.22 bits per heavy atom. The van der Waals surface area contributed by atoms with Gasteiger partial charge < -0.3 is 15.4 Å². The molecule has 1 aromatic carbocycles. The molecule has 0 fully saturated rings. The number of carbonyl (C=O) groups excluding carboxylic acids is 1. The molecule has 0 aliphatic heterocycles. The van der Waals surface area contributed by atoms with Gasteiger partial charge in [0, 0.05) is 17.6 Å². The Labute approximate surface area is 138 Å². The third-order valence-corrected chi connectivity index (χ3v) is 3.91. The van der Waals surface area contributed by atoms with Crippen LogP contribution in [0.1, 0.15) is 38.2 Å². The lowest BCUT2D eigenvalue weighted by atomic mass is 10.2. The smallest absolute Gasteiger partial charge is 0.319 e. The molecule has 2 N–H and O–H groups in total. The second kappa shape index (κ2) is 7.92. The van der Waals surface area contributed by atoms with E-state index in [2.05, 4.69) is 15.6 Å². The molecule has 0 aliphatic rings. The Morgan fingerprint density at radius 3 is 2.78 bits per heavy atom. The lowest BCUT2D eigenvalue weighted by Gasteiger charge is -2.16. The summed E-state index contributed by atoms with van der Waals surface area (Å²) in [6.45, 7) is 5.67. The lowest BCUT2D eigenvalue weighted by molar-refractivity contribution is 0.241. The van der Waals surface area contributed by atoms with Crippen molar-refractivity contribution in [3.8, 4) is 5.75 Å². The fourth-order valence-corrected chi connectivity index (χ4v) is 2.78. The number of ether oxygens (including phenoxy) is 1. The molecule has 1 atom stereocenters. The summed E-state index contributed by atoms with van der Waals surface area (Å²) >= 11 is 1.47. The number of rotatable bonds is 6. The standard InChI is InChI=1S/C16H20FN3O2S/c1-4-13(15-18-7-8-23-15)19-16(21)20-14-6-5-11(9-12(14)17)22-10(2)3/h5-10,13H,4H2,1-3H3,(H2,19,20,21). The molecule has 7 heteroatoms. The lowest BCUT2D eigenvalue weighted by Crippen LogP contribution is -2.32. The number of nitrogens with one attached hydrogen (secondary N) is 2. The fraction of sp³-hybridized carbons (Fsp3) is 0.375. The minimum Gasteiger partial charge on any atom is -0.491 e. The van der Waals surface area contributed by atoms with Gasteiger partial charge in [0.15, 0.2) is 0 Å². The molecule has 0 aliphatic carbocycles. The van der Waals surface area contributed by atoms with E-state index < -0.39 is 11.8 Å². The Bertz CT molecular complexity index is 647. The fourth-order valence-electron chi connectivity index (χ4n) is 2.00. The number of anilines is 1. The van der Waals surface area contributed by atoms with Crippen LogP contribution in [0.25, 0.3) is 0 Å². The topological polar surface area (TPSA) is 63.2 Å². The molecule has 124 valence electrons. The van der Waals surface area contributed by atoms with Crippen LogP contribution >= 0.6 is 11.3 Å². The molecule has 0 spiro atoms. The van der Waals surface area contributed by atoms with Crippen LogP contribution in [0.3, 0.4) is 0 Å². The Balaban J connectivity index is 1.99. The van der Waals surface area contributed by atoms with Crippen LogP contribution in [0.15, 0.2) is 29.8 Å². The summed E-state index contributed by atoms with van der Waals surface area (Å²) in [6, 6.07) is 3.70. The average molecular weight is 337 g/mol. The van der Waals surface area contributed by atoms with E-state index in [9.17, 15) is 9.18 Å². The van der Waals surface area contributed by atoms with Gasteiger partial charge in [-0.1, -0.05) is 6.92 Å². The molecule has 2 rings (SSSR count). The first-order valence-corrected chi connectivity index (χ1v) is 8.30. The second-order valence-electron chi connectivity index (χ2n) is 5.24. The van der Waals surface area contributed by atoms with E-state index in [0.717, 1.165) is 5.01 Å². The SMILES string of the molecule is CCC(NC(=O)Nc1ccc(OC(C)C)cc1F)c1nccs1. The number of carbonyl (C=O) groups is 1. The van der Waals surface area contributed by atoms with Crippen LogP contribution in [-0.4, -0.2) is 17.1 Å².